The van der Waals surface area contributed by atoms with Crippen molar-refractivity contribution < 1.29 is 9.53 Å². The molecule has 2 heterocycles. The molecule has 5 nitrogen and oxygen atoms in total. The highest BCUT2D eigenvalue weighted by atomic mass is 16.6. The van der Waals surface area contributed by atoms with Gasteiger partial charge in [-0.25, -0.2) is 4.79 Å². The van der Waals surface area contributed by atoms with Crippen LogP contribution in [0.2, 0.25) is 0 Å². The number of rotatable bonds is 2. The monoisotopic (exact) mass is 387 g/mol. The van der Waals surface area contributed by atoms with E-state index in [0.717, 1.165) is 56.6 Å². The van der Waals surface area contributed by atoms with E-state index < -0.39 is 5.60 Å². The van der Waals surface area contributed by atoms with Crippen molar-refractivity contribution in [3.63, 3.8) is 0 Å². The minimum atomic E-state index is -0.542. The molecule has 1 fully saturated rings. The number of nitrogens with one attached hydrogen (secondary N) is 1. The molecule has 2 aliphatic heterocycles. The molecular weight excluding hydrogens is 350 g/mol. The van der Waals surface area contributed by atoms with Crippen molar-refractivity contribution >= 4 is 6.09 Å². The van der Waals surface area contributed by atoms with Gasteiger partial charge in [0.2, 0.25) is 0 Å². The summed E-state index contributed by atoms with van der Waals surface area (Å²) in [4.78, 5) is 15.2. The SMILES string of the molecule is CC1(C)CC=C(C2C(N)=CC=C(C3CCNCC3)N2C(=O)OC(C)(C)C)CC1. The summed E-state index contributed by atoms with van der Waals surface area (Å²) >= 11 is 0. The lowest BCUT2D eigenvalue weighted by atomic mass is 9.75. The van der Waals surface area contributed by atoms with E-state index in [0.29, 0.717) is 11.3 Å². The van der Waals surface area contributed by atoms with Crippen molar-refractivity contribution in [2.24, 2.45) is 17.1 Å². The fourth-order valence-electron chi connectivity index (χ4n) is 4.35. The third-order valence-electron chi connectivity index (χ3n) is 6.00. The third kappa shape index (κ3) is 4.80. The van der Waals surface area contributed by atoms with Crippen LogP contribution in [-0.4, -0.2) is 35.7 Å². The molecule has 5 heteroatoms. The number of nitrogens with zero attached hydrogens (tertiary/aromatic N) is 1. The zero-order valence-electron chi connectivity index (χ0n) is 18.2. The van der Waals surface area contributed by atoms with Gasteiger partial charge < -0.3 is 15.8 Å². The van der Waals surface area contributed by atoms with Crippen LogP contribution in [-0.2, 0) is 4.74 Å². The molecule has 0 aromatic rings. The second kappa shape index (κ2) is 7.94. The van der Waals surface area contributed by atoms with Gasteiger partial charge in [0.1, 0.15) is 11.6 Å². The Balaban J connectivity index is 1.96. The number of carbonyl (C=O) groups is 1. The van der Waals surface area contributed by atoms with Gasteiger partial charge in [0.15, 0.2) is 0 Å². The quantitative estimate of drug-likeness (QED) is 0.686. The maximum Gasteiger partial charge on any atom is 0.415 e. The Labute approximate surface area is 170 Å². The Morgan fingerprint density at radius 2 is 1.93 bits per heavy atom. The van der Waals surface area contributed by atoms with E-state index >= 15 is 0 Å². The van der Waals surface area contributed by atoms with Gasteiger partial charge in [0, 0.05) is 17.3 Å². The minimum absolute atomic E-state index is 0.221. The molecule has 1 saturated heterocycles. The number of amides is 1. The first kappa shape index (κ1) is 21.0. The number of nitrogens with two attached hydrogens (primary N) is 1. The van der Waals surface area contributed by atoms with Crippen LogP contribution in [0.3, 0.4) is 0 Å². The first-order valence-corrected chi connectivity index (χ1v) is 10.7. The number of hydrogen-bond acceptors (Lipinski definition) is 4. The lowest BCUT2D eigenvalue weighted by Crippen LogP contribution is -2.50. The molecule has 0 aromatic heterocycles. The van der Waals surface area contributed by atoms with Crippen molar-refractivity contribution in [3.8, 4) is 0 Å². The Morgan fingerprint density at radius 1 is 1.25 bits per heavy atom. The maximum absolute atomic E-state index is 13.3. The van der Waals surface area contributed by atoms with Crippen molar-refractivity contribution in [1.29, 1.82) is 0 Å². The molecule has 0 spiro atoms. The van der Waals surface area contributed by atoms with Crippen molar-refractivity contribution in [3.05, 3.63) is 35.2 Å². The number of allylic oxidation sites excluding steroid dienone is 4. The van der Waals surface area contributed by atoms with Gasteiger partial charge in [-0.15, -0.1) is 0 Å². The molecule has 0 aromatic carbocycles. The average Bonchev–Trinajstić information content (AvgIpc) is 2.61. The number of ether oxygens (including phenoxy) is 1. The van der Waals surface area contributed by atoms with E-state index in [1.165, 1.54) is 5.57 Å². The molecule has 1 amide bonds. The standard InChI is InChI=1S/C23H37N3O2/c1-22(2,3)28-21(27)26-19(16-10-14-25-15-11-16)7-6-18(24)20(26)17-8-12-23(4,5)13-9-17/h6-8,16,20,25H,9-15,24H2,1-5H3. The van der Waals surface area contributed by atoms with E-state index in [1.54, 1.807) is 0 Å². The smallest absolute Gasteiger partial charge is 0.415 e. The van der Waals surface area contributed by atoms with Gasteiger partial charge in [-0.3, -0.25) is 4.90 Å². The lowest BCUT2D eigenvalue weighted by molar-refractivity contribution is 0.0249. The first-order valence-electron chi connectivity index (χ1n) is 10.7. The fourth-order valence-corrected chi connectivity index (χ4v) is 4.35. The zero-order valence-corrected chi connectivity index (χ0v) is 18.2. The van der Waals surface area contributed by atoms with Gasteiger partial charge in [-0.05, 0) is 89.1 Å². The van der Waals surface area contributed by atoms with E-state index in [9.17, 15) is 4.79 Å². The van der Waals surface area contributed by atoms with Gasteiger partial charge in [0.05, 0.1) is 0 Å². The summed E-state index contributed by atoms with van der Waals surface area (Å²) in [7, 11) is 0. The minimum Gasteiger partial charge on any atom is -0.443 e. The van der Waals surface area contributed by atoms with Crippen LogP contribution >= 0.6 is 0 Å². The summed E-state index contributed by atoms with van der Waals surface area (Å²) < 4.78 is 5.83. The van der Waals surface area contributed by atoms with Crippen LogP contribution in [0.15, 0.2) is 35.2 Å². The van der Waals surface area contributed by atoms with E-state index in [1.807, 2.05) is 37.8 Å². The van der Waals surface area contributed by atoms with E-state index in [2.05, 4.69) is 25.2 Å². The Hall–Kier alpha value is -1.75. The van der Waals surface area contributed by atoms with Crippen molar-refractivity contribution in [2.75, 3.05) is 13.1 Å². The van der Waals surface area contributed by atoms with E-state index in [-0.39, 0.29) is 12.1 Å². The summed E-state index contributed by atoms with van der Waals surface area (Å²) in [6.45, 7) is 12.3. The topological polar surface area (TPSA) is 67.6 Å². The summed E-state index contributed by atoms with van der Waals surface area (Å²) in [5.74, 6) is 0.348. The van der Waals surface area contributed by atoms with Crippen LogP contribution in [0.4, 0.5) is 4.79 Å². The molecule has 3 aliphatic rings. The molecule has 3 rings (SSSR count). The fraction of sp³-hybridized carbons (Fsp3) is 0.696. The lowest BCUT2D eigenvalue weighted by Gasteiger charge is -2.43. The molecule has 3 N–H and O–H groups in total. The maximum atomic E-state index is 13.3. The molecule has 0 bridgehead atoms. The highest BCUT2D eigenvalue weighted by molar-refractivity contribution is 5.73. The third-order valence-corrected chi connectivity index (χ3v) is 6.00. The molecule has 1 unspecified atom stereocenters. The highest BCUT2D eigenvalue weighted by Crippen LogP contribution is 2.40. The first-order chi connectivity index (χ1) is 13.1. The van der Waals surface area contributed by atoms with Crippen LogP contribution in [0.5, 0.6) is 0 Å². The predicted octanol–water partition coefficient (Wildman–Crippen LogP) is 4.47. The predicted molar refractivity (Wildman–Crippen MR) is 114 cm³/mol. The number of hydrogen-bond donors (Lipinski definition) is 2. The van der Waals surface area contributed by atoms with Crippen LogP contribution in [0, 0.1) is 11.3 Å². The van der Waals surface area contributed by atoms with Crippen molar-refractivity contribution in [1.82, 2.24) is 10.2 Å². The number of piperidine rings is 1. The Morgan fingerprint density at radius 3 is 2.50 bits per heavy atom. The molecule has 156 valence electrons. The largest absolute Gasteiger partial charge is 0.443 e. The number of carbonyl (C=O) groups excluding carboxylic acids is 1. The Kier molecular flexibility index (Phi) is 5.95. The van der Waals surface area contributed by atoms with Gasteiger partial charge in [-0.2, -0.15) is 0 Å². The molecule has 0 radical (unpaired) electrons. The summed E-state index contributed by atoms with van der Waals surface area (Å²) in [6.07, 6.45) is 11.2. The average molecular weight is 388 g/mol. The normalized spacial score (nSPS) is 26.2. The van der Waals surface area contributed by atoms with Crippen LogP contribution in [0.25, 0.3) is 0 Å². The van der Waals surface area contributed by atoms with Crippen molar-refractivity contribution in [2.45, 2.75) is 78.4 Å². The second-order valence-electron chi connectivity index (χ2n) is 10.2. The summed E-state index contributed by atoms with van der Waals surface area (Å²) in [5, 5.41) is 3.42. The highest BCUT2D eigenvalue weighted by Gasteiger charge is 2.40. The molecule has 0 saturated carbocycles. The van der Waals surface area contributed by atoms with Crippen LogP contribution in [0.1, 0.15) is 66.7 Å². The molecule has 1 atom stereocenters. The van der Waals surface area contributed by atoms with Crippen LogP contribution < -0.4 is 11.1 Å². The van der Waals surface area contributed by atoms with Gasteiger partial charge >= 0.3 is 6.09 Å². The zero-order chi connectivity index (χ0) is 20.5. The molecular formula is C23H37N3O2. The summed E-state index contributed by atoms with van der Waals surface area (Å²) in [5.41, 5.74) is 9.28. The summed E-state index contributed by atoms with van der Waals surface area (Å²) in [6, 6.07) is -0.221. The molecule has 28 heavy (non-hydrogen) atoms. The van der Waals surface area contributed by atoms with Gasteiger partial charge in [-0.1, -0.05) is 19.9 Å². The van der Waals surface area contributed by atoms with Gasteiger partial charge in [0.25, 0.3) is 0 Å². The Bertz CT molecular complexity index is 691. The van der Waals surface area contributed by atoms with E-state index in [4.69, 9.17) is 10.5 Å². The second-order valence-corrected chi connectivity index (χ2v) is 10.2. The molecule has 1 aliphatic carbocycles.